The fourth-order valence-corrected chi connectivity index (χ4v) is 4.94. The van der Waals surface area contributed by atoms with E-state index in [0.717, 1.165) is 25.9 Å². The Morgan fingerprint density at radius 3 is 2.71 bits per heavy atom. The van der Waals surface area contributed by atoms with E-state index < -0.39 is 15.8 Å². The molecule has 7 heteroatoms. The molecule has 24 heavy (non-hydrogen) atoms. The average Bonchev–Trinajstić information content (AvgIpc) is 3.27. The van der Waals surface area contributed by atoms with E-state index in [0.29, 0.717) is 24.4 Å². The molecular weight excluding hydrogens is 331 g/mol. The van der Waals surface area contributed by atoms with Gasteiger partial charge >= 0.3 is 0 Å². The minimum Gasteiger partial charge on any atom is -0.396 e. The third-order valence-electron chi connectivity index (χ3n) is 4.98. The summed E-state index contributed by atoms with van der Waals surface area (Å²) in [5.41, 5.74) is 0.693. The van der Waals surface area contributed by atoms with Crippen LogP contribution in [0, 0.1) is 24.6 Å². The summed E-state index contributed by atoms with van der Waals surface area (Å²) < 4.78 is 42.1. The Labute approximate surface area is 142 Å². The number of benzene rings is 1. The minimum atomic E-state index is -3.87. The number of halogens is 1. The predicted molar refractivity (Wildman–Crippen MR) is 89.6 cm³/mol. The van der Waals surface area contributed by atoms with E-state index in [1.165, 1.54) is 12.1 Å². The molecule has 1 saturated heterocycles. The SMILES string of the molecule is Cc1ccc(S(=O)(=O)N[C@H]2CN(CCCO)C[C@@H]2C2CC2)c(F)c1. The zero-order valence-corrected chi connectivity index (χ0v) is 14.7. The third kappa shape index (κ3) is 3.96. The number of hydrogen-bond acceptors (Lipinski definition) is 4. The molecule has 1 aliphatic heterocycles. The summed E-state index contributed by atoms with van der Waals surface area (Å²) in [7, 11) is -3.87. The molecule has 2 atom stereocenters. The Hall–Kier alpha value is -1.02. The molecule has 3 rings (SSSR count). The van der Waals surface area contributed by atoms with E-state index in [2.05, 4.69) is 9.62 Å². The average molecular weight is 356 g/mol. The first-order valence-corrected chi connectivity index (χ1v) is 10.0. The summed E-state index contributed by atoms with van der Waals surface area (Å²) in [6.07, 6.45) is 2.95. The van der Waals surface area contributed by atoms with Gasteiger partial charge in [0.05, 0.1) is 0 Å². The summed E-state index contributed by atoms with van der Waals surface area (Å²) in [5.74, 6) is 0.118. The minimum absolute atomic E-state index is 0.134. The molecule has 0 spiro atoms. The molecule has 5 nitrogen and oxygen atoms in total. The summed E-state index contributed by atoms with van der Waals surface area (Å²) in [6, 6.07) is 3.99. The van der Waals surface area contributed by atoms with Gasteiger partial charge in [-0.25, -0.2) is 17.5 Å². The molecule has 1 aromatic rings. The van der Waals surface area contributed by atoms with Crippen molar-refractivity contribution in [3.8, 4) is 0 Å². The second kappa shape index (κ2) is 7.07. The zero-order valence-electron chi connectivity index (χ0n) is 13.9. The van der Waals surface area contributed by atoms with Crippen molar-refractivity contribution in [1.82, 2.24) is 9.62 Å². The van der Waals surface area contributed by atoms with Crippen LogP contribution >= 0.6 is 0 Å². The highest BCUT2D eigenvalue weighted by Crippen LogP contribution is 2.41. The van der Waals surface area contributed by atoms with Crippen molar-refractivity contribution in [2.75, 3.05) is 26.2 Å². The Balaban J connectivity index is 1.74. The third-order valence-corrected chi connectivity index (χ3v) is 6.51. The quantitative estimate of drug-likeness (QED) is 0.777. The standard InChI is InChI=1S/C17H25FN2O3S/c1-12-3-6-17(15(18)9-12)24(22,23)19-16-11-20(7-2-8-21)10-14(16)13-4-5-13/h3,6,9,13-14,16,19,21H,2,4-5,7-8,10-11H2,1H3/t14-,16+/m1/s1. The van der Waals surface area contributed by atoms with Gasteiger partial charge in [0.25, 0.3) is 0 Å². The van der Waals surface area contributed by atoms with E-state index >= 15 is 0 Å². The summed E-state index contributed by atoms with van der Waals surface area (Å²) >= 11 is 0. The molecule has 0 aromatic heterocycles. The molecule has 2 fully saturated rings. The maximum atomic E-state index is 14.1. The van der Waals surface area contributed by atoms with E-state index in [4.69, 9.17) is 5.11 Å². The van der Waals surface area contributed by atoms with E-state index in [1.54, 1.807) is 13.0 Å². The second-order valence-electron chi connectivity index (χ2n) is 7.00. The highest BCUT2D eigenvalue weighted by Gasteiger charge is 2.43. The lowest BCUT2D eigenvalue weighted by molar-refractivity contribution is 0.242. The van der Waals surface area contributed by atoms with Crippen LogP contribution in [0.3, 0.4) is 0 Å². The maximum absolute atomic E-state index is 14.1. The molecule has 2 aliphatic rings. The molecule has 134 valence electrons. The Morgan fingerprint density at radius 1 is 1.33 bits per heavy atom. The fourth-order valence-electron chi connectivity index (χ4n) is 3.60. The molecule has 1 aromatic carbocycles. The molecule has 1 heterocycles. The number of nitrogens with zero attached hydrogens (tertiary/aromatic N) is 1. The van der Waals surface area contributed by atoms with Crippen molar-refractivity contribution in [3.05, 3.63) is 29.6 Å². The Kier molecular flexibility index (Phi) is 5.24. The summed E-state index contributed by atoms with van der Waals surface area (Å²) in [5, 5.41) is 8.99. The van der Waals surface area contributed by atoms with Crippen LogP contribution in [0.5, 0.6) is 0 Å². The van der Waals surface area contributed by atoms with Crippen molar-refractivity contribution in [2.45, 2.75) is 37.1 Å². The van der Waals surface area contributed by atoms with E-state index in [-0.39, 0.29) is 23.5 Å². The summed E-state index contributed by atoms with van der Waals surface area (Å²) in [4.78, 5) is 1.91. The topological polar surface area (TPSA) is 69.6 Å². The lowest BCUT2D eigenvalue weighted by Gasteiger charge is -2.19. The van der Waals surface area contributed by atoms with Crippen LogP contribution in [-0.4, -0.2) is 50.7 Å². The molecular formula is C17H25FN2O3S. The largest absolute Gasteiger partial charge is 0.396 e. The molecule has 0 radical (unpaired) electrons. The number of aliphatic hydroxyl groups is 1. The smallest absolute Gasteiger partial charge is 0.243 e. The van der Waals surface area contributed by atoms with Crippen molar-refractivity contribution in [1.29, 1.82) is 0 Å². The van der Waals surface area contributed by atoms with Gasteiger partial charge in [-0.2, -0.15) is 0 Å². The van der Waals surface area contributed by atoms with Gasteiger partial charge in [0, 0.05) is 32.3 Å². The van der Waals surface area contributed by atoms with Crippen LogP contribution in [0.4, 0.5) is 4.39 Å². The predicted octanol–water partition coefficient (Wildman–Crippen LogP) is 1.51. The number of hydrogen-bond donors (Lipinski definition) is 2. The van der Waals surface area contributed by atoms with E-state index in [1.807, 2.05) is 0 Å². The van der Waals surface area contributed by atoms with Crippen LogP contribution in [0.2, 0.25) is 0 Å². The monoisotopic (exact) mass is 356 g/mol. The first kappa shape index (κ1) is 17.8. The number of aryl methyl sites for hydroxylation is 1. The normalized spacial score (nSPS) is 25.3. The van der Waals surface area contributed by atoms with Gasteiger partial charge in [-0.1, -0.05) is 6.07 Å². The molecule has 0 unspecified atom stereocenters. The lowest BCUT2D eigenvalue weighted by Crippen LogP contribution is -2.41. The Bertz CT molecular complexity index is 691. The van der Waals surface area contributed by atoms with Crippen LogP contribution in [-0.2, 0) is 10.0 Å². The van der Waals surface area contributed by atoms with Gasteiger partial charge in [-0.3, -0.25) is 0 Å². The van der Waals surface area contributed by atoms with Gasteiger partial charge in [-0.15, -0.1) is 0 Å². The number of likely N-dealkylation sites (tertiary alicyclic amines) is 1. The number of nitrogens with one attached hydrogen (secondary N) is 1. The van der Waals surface area contributed by atoms with Crippen molar-refractivity contribution in [2.24, 2.45) is 11.8 Å². The summed E-state index contributed by atoms with van der Waals surface area (Å²) in [6.45, 7) is 4.08. The van der Waals surface area contributed by atoms with Crippen molar-refractivity contribution >= 4 is 10.0 Å². The lowest BCUT2D eigenvalue weighted by atomic mass is 9.99. The van der Waals surface area contributed by atoms with Gasteiger partial charge in [0.1, 0.15) is 10.7 Å². The number of aliphatic hydroxyl groups excluding tert-OH is 1. The highest BCUT2D eigenvalue weighted by molar-refractivity contribution is 7.89. The zero-order chi connectivity index (χ0) is 17.3. The fraction of sp³-hybridized carbons (Fsp3) is 0.647. The highest BCUT2D eigenvalue weighted by atomic mass is 32.2. The van der Waals surface area contributed by atoms with Crippen LogP contribution in [0.1, 0.15) is 24.8 Å². The van der Waals surface area contributed by atoms with Crippen LogP contribution in [0.25, 0.3) is 0 Å². The first-order chi connectivity index (χ1) is 11.4. The van der Waals surface area contributed by atoms with Crippen LogP contribution < -0.4 is 4.72 Å². The van der Waals surface area contributed by atoms with Gasteiger partial charge < -0.3 is 10.0 Å². The van der Waals surface area contributed by atoms with Gasteiger partial charge in [0.2, 0.25) is 10.0 Å². The maximum Gasteiger partial charge on any atom is 0.243 e. The first-order valence-electron chi connectivity index (χ1n) is 8.52. The number of rotatable bonds is 7. The molecule has 0 bridgehead atoms. The van der Waals surface area contributed by atoms with Gasteiger partial charge in [0.15, 0.2) is 0 Å². The van der Waals surface area contributed by atoms with Gasteiger partial charge in [-0.05, 0) is 55.7 Å². The number of sulfonamides is 1. The molecule has 1 aliphatic carbocycles. The van der Waals surface area contributed by atoms with E-state index in [9.17, 15) is 12.8 Å². The molecule has 1 saturated carbocycles. The van der Waals surface area contributed by atoms with Crippen molar-refractivity contribution < 1.29 is 17.9 Å². The second-order valence-corrected chi connectivity index (χ2v) is 8.68. The van der Waals surface area contributed by atoms with Crippen molar-refractivity contribution in [3.63, 3.8) is 0 Å². The Morgan fingerprint density at radius 2 is 2.08 bits per heavy atom. The molecule has 2 N–H and O–H groups in total. The van der Waals surface area contributed by atoms with Crippen LogP contribution in [0.15, 0.2) is 23.1 Å². The molecule has 0 amide bonds.